The van der Waals surface area contributed by atoms with E-state index in [4.69, 9.17) is 4.74 Å². The van der Waals surface area contributed by atoms with Gasteiger partial charge in [-0.3, -0.25) is 9.69 Å². The molecule has 0 aromatic rings. The van der Waals surface area contributed by atoms with Gasteiger partial charge in [0.1, 0.15) is 0 Å². The number of nitrogens with zero attached hydrogens (tertiary/aromatic N) is 2. The third-order valence-electron chi connectivity index (χ3n) is 3.25. The predicted molar refractivity (Wildman–Crippen MR) is 73.6 cm³/mol. The molecule has 1 rings (SSSR count). The van der Waals surface area contributed by atoms with E-state index in [1.165, 1.54) is 0 Å². The third kappa shape index (κ3) is 5.36. The van der Waals surface area contributed by atoms with Gasteiger partial charge >= 0.3 is 0 Å². The molecular formula is C14H28N2O2. The predicted octanol–water partition coefficient (Wildman–Crippen LogP) is 1.60. The van der Waals surface area contributed by atoms with E-state index in [-0.39, 0.29) is 11.8 Å². The Bertz CT molecular complexity index is 246. The fourth-order valence-electron chi connectivity index (χ4n) is 2.16. The molecule has 1 aliphatic rings. The first kappa shape index (κ1) is 15.4. The highest BCUT2D eigenvalue weighted by atomic mass is 16.5. The van der Waals surface area contributed by atoms with E-state index in [1.54, 1.807) is 0 Å². The Balaban J connectivity index is 2.14. The molecular weight excluding hydrogens is 228 g/mol. The van der Waals surface area contributed by atoms with Crippen molar-refractivity contribution < 1.29 is 9.53 Å². The number of carbonyl (C=O) groups excluding carboxylic acids is 1. The zero-order valence-electron chi connectivity index (χ0n) is 12.3. The first-order valence-corrected chi connectivity index (χ1v) is 7.13. The Labute approximate surface area is 111 Å². The molecule has 1 saturated heterocycles. The molecule has 106 valence electrons. The maximum Gasteiger partial charge on any atom is 0.225 e. The minimum atomic E-state index is 0.121. The van der Waals surface area contributed by atoms with Crippen LogP contribution in [0.2, 0.25) is 0 Å². The molecule has 0 spiro atoms. The largest absolute Gasteiger partial charge is 0.379 e. The van der Waals surface area contributed by atoms with Crippen molar-refractivity contribution in [2.24, 2.45) is 5.92 Å². The van der Waals surface area contributed by atoms with Gasteiger partial charge in [0.15, 0.2) is 0 Å². The quantitative estimate of drug-likeness (QED) is 0.677. The van der Waals surface area contributed by atoms with Gasteiger partial charge in [-0.25, -0.2) is 0 Å². The lowest BCUT2D eigenvalue weighted by atomic mass is 10.1. The normalized spacial score (nSPS) is 17.8. The van der Waals surface area contributed by atoms with Gasteiger partial charge in [-0.05, 0) is 20.3 Å². The lowest BCUT2D eigenvalue weighted by Gasteiger charge is -2.35. The summed E-state index contributed by atoms with van der Waals surface area (Å²) in [6.07, 6.45) is 1.40. The molecule has 0 unspecified atom stereocenters. The van der Waals surface area contributed by atoms with Crippen LogP contribution in [0.4, 0.5) is 0 Å². The molecule has 0 bridgehead atoms. The molecule has 0 aromatic carbocycles. The lowest BCUT2D eigenvalue weighted by molar-refractivity contribution is -0.136. The monoisotopic (exact) mass is 256 g/mol. The van der Waals surface area contributed by atoms with Gasteiger partial charge in [0.05, 0.1) is 6.10 Å². The standard InChI is InChI=1S/C14H28N2O2/c1-12(2)14(17)16-9-7-15(8-10-16)6-5-11-18-13(3)4/h12-13H,5-11H2,1-4H3. The Morgan fingerprint density at radius 3 is 2.22 bits per heavy atom. The number of carbonyl (C=O) groups is 1. The summed E-state index contributed by atoms with van der Waals surface area (Å²) in [4.78, 5) is 16.2. The summed E-state index contributed by atoms with van der Waals surface area (Å²) < 4.78 is 5.53. The van der Waals surface area contributed by atoms with E-state index in [9.17, 15) is 4.79 Å². The number of amides is 1. The maximum absolute atomic E-state index is 11.8. The van der Waals surface area contributed by atoms with Crippen molar-refractivity contribution in [3.8, 4) is 0 Å². The minimum absolute atomic E-state index is 0.121. The lowest BCUT2D eigenvalue weighted by Crippen LogP contribution is -2.50. The molecule has 0 atom stereocenters. The SMILES string of the molecule is CC(C)OCCCN1CCN(C(=O)C(C)C)CC1. The van der Waals surface area contributed by atoms with Gasteiger partial charge in [-0.2, -0.15) is 0 Å². The van der Waals surface area contributed by atoms with Gasteiger partial charge in [-0.1, -0.05) is 13.8 Å². The molecule has 0 aliphatic carbocycles. The fraction of sp³-hybridized carbons (Fsp3) is 0.929. The Hall–Kier alpha value is -0.610. The van der Waals surface area contributed by atoms with Crippen LogP contribution < -0.4 is 0 Å². The molecule has 0 saturated carbocycles. The van der Waals surface area contributed by atoms with Gasteiger partial charge in [0.25, 0.3) is 0 Å². The van der Waals surface area contributed by atoms with Crippen LogP contribution in [0.15, 0.2) is 0 Å². The topological polar surface area (TPSA) is 32.8 Å². The van der Waals surface area contributed by atoms with Crippen molar-refractivity contribution in [2.45, 2.75) is 40.2 Å². The molecule has 1 fully saturated rings. The van der Waals surface area contributed by atoms with Crippen molar-refractivity contribution in [3.63, 3.8) is 0 Å². The summed E-state index contributed by atoms with van der Waals surface area (Å²) in [6, 6.07) is 0. The van der Waals surface area contributed by atoms with Crippen molar-refractivity contribution in [3.05, 3.63) is 0 Å². The van der Waals surface area contributed by atoms with E-state index in [2.05, 4.69) is 18.7 Å². The second-order valence-corrected chi connectivity index (χ2v) is 5.59. The van der Waals surface area contributed by atoms with Crippen LogP contribution in [-0.4, -0.2) is 61.1 Å². The zero-order valence-corrected chi connectivity index (χ0v) is 12.3. The first-order valence-electron chi connectivity index (χ1n) is 7.13. The average Bonchev–Trinajstić information content (AvgIpc) is 2.34. The van der Waals surface area contributed by atoms with Crippen molar-refractivity contribution in [2.75, 3.05) is 39.3 Å². The van der Waals surface area contributed by atoms with Crippen molar-refractivity contribution in [1.82, 2.24) is 9.80 Å². The van der Waals surface area contributed by atoms with Gasteiger partial charge in [0.2, 0.25) is 5.91 Å². The van der Waals surface area contributed by atoms with Gasteiger partial charge < -0.3 is 9.64 Å². The van der Waals surface area contributed by atoms with Crippen LogP contribution in [0.25, 0.3) is 0 Å². The highest BCUT2D eigenvalue weighted by Gasteiger charge is 2.22. The average molecular weight is 256 g/mol. The van der Waals surface area contributed by atoms with E-state index >= 15 is 0 Å². The summed E-state index contributed by atoms with van der Waals surface area (Å²) in [6.45, 7) is 13.7. The highest BCUT2D eigenvalue weighted by molar-refractivity contribution is 5.78. The van der Waals surface area contributed by atoms with Crippen molar-refractivity contribution >= 4 is 5.91 Å². The highest BCUT2D eigenvalue weighted by Crippen LogP contribution is 2.07. The molecule has 1 amide bonds. The van der Waals surface area contributed by atoms with Gasteiger partial charge in [-0.15, -0.1) is 0 Å². The van der Waals surface area contributed by atoms with Crippen LogP contribution >= 0.6 is 0 Å². The molecule has 1 heterocycles. The minimum Gasteiger partial charge on any atom is -0.379 e. The van der Waals surface area contributed by atoms with E-state index in [0.29, 0.717) is 6.10 Å². The number of piperazine rings is 1. The molecule has 0 radical (unpaired) electrons. The molecule has 0 N–H and O–H groups in total. The van der Waals surface area contributed by atoms with Crippen LogP contribution in [0.5, 0.6) is 0 Å². The molecule has 1 aliphatic heterocycles. The summed E-state index contributed by atoms with van der Waals surface area (Å²) in [5, 5.41) is 0. The molecule has 0 aromatic heterocycles. The maximum atomic E-state index is 11.8. The first-order chi connectivity index (χ1) is 8.50. The smallest absolute Gasteiger partial charge is 0.225 e. The molecule has 18 heavy (non-hydrogen) atoms. The summed E-state index contributed by atoms with van der Waals surface area (Å²) in [5.41, 5.74) is 0. The van der Waals surface area contributed by atoms with E-state index < -0.39 is 0 Å². The Morgan fingerprint density at radius 1 is 1.11 bits per heavy atom. The van der Waals surface area contributed by atoms with Crippen LogP contribution in [0.3, 0.4) is 0 Å². The fourth-order valence-corrected chi connectivity index (χ4v) is 2.16. The zero-order chi connectivity index (χ0) is 13.5. The van der Waals surface area contributed by atoms with Crippen LogP contribution in [-0.2, 0) is 9.53 Å². The van der Waals surface area contributed by atoms with E-state index in [0.717, 1.165) is 45.8 Å². The number of rotatable bonds is 6. The number of hydrogen-bond donors (Lipinski definition) is 0. The Kier molecular flexibility index (Phi) is 6.65. The van der Waals surface area contributed by atoms with Crippen LogP contribution in [0, 0.1) is 5.92 Å². The number of hydrogen-bond acceptors (Lipinski definition) is 3. The second kappa shape index (κ2) is 7.74. The second-order valence-electron chi connectivity index (χ2n) is 5.59. The van der Waals surface area contributed by atoms with Gasteiger partial charge in [0, 0.05) is 45.2 Å². The van der Waals surface area contributed by atoms with E-state index in [1.807, 2.05) is 18.7 Å². The Morgan fingerprint density at radius 2 is 1.72 bits per heavy atom. The summed E-state index contributed by atoms with van der Waals surface area (Å²) in [7, 11) is 0. The molecule has 4 nitrogen and oxygen atoms in total. The summed E-state index contributed by atoms with van der Waals surface area (Å²) >= 11 is 0. The van der Waals surface area contributed by atoms with Crippen molar-refractivity contribution in [1.29, 1.82) is 0 Å². The molecule has 4 heteroatoms. The van der Waals surface area contributed by atoms with Crippen LogP contribution in [0.1, 0.15) is 34.1 Å². The third-order valence-corrected chi connectivity index (χ3v) is 3.25. The number of ether oxygens (including phenoxy) is 1. The summed E-state index contributed by atoms with van der Waals surface area (Å²) in [5.74, 6) is 0.411.